The van der Waals surface area contributed by atoms with Gasteiger partial charge >= 0.3 is 0 Å². The largest absolute Gasteiger partial charge is 0.488 e. The third kappa shape index (κ3) is 5.60. The lowest BCUT2D eigenvalue weighted by atomic mass is 9.94. The molecule has 5 rings (SSSR count). The number of nitrogens with zero attached hydrogens (tertiary/aromatic N) is 4. The number of amides is 1. The number of para-hydroxylation sites is 1. The molecule has 35 heavy (non-hydrogen) atoms. The molecule has 1 saturated carbocycles. The van der Waals surface area contributed by atoms with Crippen LogP contribution < -0.4 is 4.74 Å². The molecule has 0 unspecified atom stereocenters. The Morgan fingerprint density at radius 1 is 1.11 bits per heavy atom. The van der Waals surface area contributed by atoms with Gasteiger partial charge in [0.2, 0.25) is 5.13 Å². The summed E-state index contributed by atoms with van der Waals surface area (Å²) in [5.41, 5.74) is 1.75. The van der Waals surface area contributed by atoms with Crippen LogP contribution in [0.1, 0.15) is 48.2 Å². The van der Waals surface area contributed by atoms with Crippen LogP contribution in [0, 0.1) is 6.92 Å². The minimum absolute atomic E-state index is 0.0113. The lowest BCUT2D eigenvalue weighted by molar-refractivity contribution is -0.124. The molecule has 1 amide bonds. The maximum Gasteiger partial charge on any atom is 0.267 e. The Balaban J connectivity index is 1.44. The number of benzene rings is 2. The van der Waals surface area contributed by atoms with Crippen LogP contribution in [0.25, 0.3) is 6.08 Å². The number of halogens is 1. The van der Waals surface area contributed by atoms with Crippen molar-refractivity contribution in [2.24, 2.45) is 4.99 Å². The van der Waals surface area contributed by atoms with Gasteiger partial charge in [-0.2, -0.15) is 4.99 Å². The molecule has 0 bridgehead atoms. The van der Waals surface area contributed by atoms with Crippen molar-refractivity contribution in [3.05, 3.63) is 74.6 Å². The van der Waals surface area contributed by atoms with Gasteiger partial charge in [0.05, 0.1) is 4.91 Å². The fourth-order valence-corrected chi connectivity index (χ4v) is 6.12. The van der Waals surface area contributed by atoms with Crippen LogP contribution in [0.4, 0.5) is 5.13 Å². The third-order valence-electron chi connectivity index (χ3n) is 6.03. The highest BCUT2D eigenvalue weighted by atomic mass is 35.5. The molecule has 9 heteroatoms. The van der Waals surface area contributed by atoms with E-state index in [2.05, 4.69) is 10.2 Å². The molecule has 1 aliphatic carbocycles. The van der Waals surface area contributed by atoms with Crippen LogP contribution in [0.3, 0.4) is 0 Å². The van der Waals surface area contributed by atoms with Crippen LogP contribution in [0.5, 0.6) is 5.75 Å². The van der Waals surface area contributed by atoms with Gasteiger partial charge in [0.15, 0.2) is 5.17 Å². The molecule has 6 nitrogen and oxygen atoms in total. The number of aromatic nitrogens is 2. The summed E-state index contributed by atoms with van der Waals surface area (Å²) in [7, 11) is 0. The van der Waals surface area contributed by atoms with E-state index in [4.69, 9.17) is 21.3 Å². The average molecular weight is 525 g/mol. The molecule has 2 aliphatic rings. The zero-order valence-corrected chi connectivity index (χ0v) is 21.7. The predicted octanol–water partition coefficient (Wildman–Crippen LogP) is 7.02. The van der Waals surface area contributed by atoms with Gasteiger partial charge in [0, 0.05) is 22.2 Å². The number of carbonyl (C=O) groups is 1. The van der Waals surface area contributed by atoms with E-state index >= 15 is 0 Å². The molecule has 0 radical (unpaired) electrons. The second kappa shape index (κ2) is 10.9. The Labute approximate surface area is 218 Å². The first kappa shape index (κ1) is 24.0. The zero-order valence-electron chi connectivity index (χ0n) is 19.3. The molecule has 1 saturated heterocycles. The predicted molar refractivity (Wildman–Crippen MR) is 143 cm³/mol. The highest BCUT2D eigenvalue weighted by Gasteiger charge is 2.39. The monoisotopic (exact) mass is 524 g/mol. The van der Waals surface area contributed by atoms with Gasteiger partial charge in [-0.3, -0.25) is 9.69 Å². The van der Waals surface area contributed by atoms with Crippen LogP contribution >= 0.6 is 34.7 Å². The molecule has 1 aliphatic heterocycles. The number of ether oxygens (including phenoxy) is 1. The molecule has 0 spiro atoms. The average Bonchev–Trinajstić information content (AvgIpc) is 3.42. The Morgan fingerprint density at radius 3 is 2.66 bits per heavy atom. The summed E-state index contributed by atoms with van der Waals surface area (Å²) in [6.07, 6.45) is 7.35. The van der Waals surface area contributed by atoms with Crippen molar-refractivity contribution < 1.29 is 9.53 Å². The summed E-state index contributed by atoms with van der Waals surface area (Å²) >= 11 is 9.11. The van der Waals surface area contributed by atoms with Gasteiger partial charge in [0.1, 0.15) is 17.4 Å². The van der Waals surface area contributed by atoms with E-state index in [1.807, 2.05) is 66.4 Å². The van der Waals surface area contributed by atoms with E-state index in [0.717, 1.165) is 41.8 Å². The van der Waals surface area contributed by atoms with E-state index in [-0.39, 0.29) is 11.9 Å². The number of thioether (sulfide) groups is 1. The maximum absolute atomic E-state index is 13.6. The number of rotatable bonds is 6. The molecule has 2 heterocycles. The molecular weight excluding hydrogens is 500 g/mol. The van der Waals surface area contributed by atoms with Crippen LogP contribution in [-0.4, -0.2) is 32.2 Å². The summed E-state index contributed by atoms with van der Waals surface area (Å²) < 4.78 is 6.11. The standard InChI is InChI=1S/C26H25ClN4O2S2/c1-17-29-30-25(34-17)28-26-31(20-11-3-2-4-12-20)24(32)23(35-26)15-18-9-6-8-14-22(18)33-16-19-10-5-7-13-21(19)27/h5-10,13-15,20H,2-4,11-12,16H2,1H3/b23-15-,28-26+. The van der Waals surface area contributed by atoms with E-state index < -0.39 is 0 Å². The second-order valence-electron chi connectivity index (χ2n) is 8.49. The highest BCUT2D eigenvalue weighted by Crippen LogP contribution is 2.39. The first-order valence-electron chi connectivity index (χ1n) is 11.7. The van der Waals surface area contributed by atoms with Gasteiger partial charge in [-0.25, -0.2) is 0 Å². The van der Waals surface area contributed by atoms with E-state index in [9.17, 15) is 4.79 Å². The van der Waals surface area contributed by atoms with Crippen molar-refractivity contribution in [2.75, 3.05) is 0 Å². The summed E-state index contributed by atoms with van der Waals surface area (Å²) in [6.45, 7) is 2.25. The van der Waals surface area contributed by atoms with Gasteiger partial charge < -0.3 is 4.74 Å². The van der Waals surface area contributed by atoms with Crippen LogP contribution in [0.2, 0.25) is 5.02 Å². The molecule has 1 aromatic heterocycles. The minimum Gasteiger partial charge on any atom is -0.488 e. The van der Waals surface area contributed by atoms with Crippen LogP contribution in [0.15, 0.2) is 58.4 Å². The summed E-state index contributed by atoms with van der Waals surface area (Å²) in [6, 6.07) is 15.5. The molecule has 3 aromatic rings. The highest BCUT2D eigenvalue weighted by molar-refractivity contribution is 8.18. The first-order chi connectivity index (χ1) is 17.1. The Hall–Kier alpha value is -2.68. The summed E-state index contributed by atoms with van der Waals surface area (Å²) in [5, 5.41) is 11.0. The van der Waals surface area contributed by atoms with E-state index in [0.29, 0.717) is 32.6 Å². The molecule has 180 valence electrons. The van der Waals surface area contributed by atoms with Crippen molar-refractivity contribution in [3.8, 4) is 5.75 Å². The zero-order chi connectivity index (χ0) is 24.2. The van der Waals surface area contributed by atoms with Crippen molar-refractivity contribution in [1.29, 1.82) is 0 Å². The first-order valence-corrected chi connectivity index (χ1v) is 13.7. The van der Waals surface area contributed by atoms with Crippen molar-refractivity contribution >= 4 is 57.0 Å². The van der Waals surface area contributed by atoms with Gasteiger partial charge in [-0.05, 0) is 49.7 Å². The topological polar surface area (TPSA) is 67.7 Å². The number of aryl methyl sites for hydroxylation is 1. The normalized spacial score (nSPS) is 19.1. The number of aliphatic imine (C=N–C) groups is 1. The molecular formula is C26H25ClN4O2S2. The SMILES string of the molecule is Cc1nnc(/N=C2/S/C(=C\c3ccccc3OCc3ccccc3Cl)C(=O)N2C2CCCCC2)s1. The lowest BCUT2D eigenvalue weighted by Gasteiger charge is -2.30. The quantitative estimate of drug-likeness (QED) is 0.324. The van der Waals surface area contributed by atoms with E-state index in [1.54, 1.807) is 0 Å². The minimum atomic E-state index is -0.0113. The maximum atomic E-state index is 13.6. The molecule has 0 atom stereocenters. The number of carbonyl (C=O) groups excluding carboxylic acids is 1. The Bertz CT molecular complexity index is 1280. The Kier molecular flexibility index (Phi) is 7.51. The van der Waals surface area contributed by atoms with Gasteiger partial charge in [-0.1, -0.05) is 78.6 Å². The summed E-state index contributed by atoms with van der Waals surface area (Å²) in [4.78, 5) is 20.8. The molecule has 0 N–H and O–H groups in total. The van der Waals surface area contributed by atoms with E-state index in [1.165, 1.54) is 29.5 Å². The molecule has 2 aromatic carbocycles. The fourth-order valence-electron chi connectivity index (χ4n) is 4.28. The summed E-state index contributed by atoms with van der Waals surface area (Å²) in [5.74, 6) is 0.686. The molecule has 2 fully saturated rings. The second-order valence-corrected chi connectivity index (χ2v) is 11.1. The van der Waals surface area contributed by atoms with Crippen molar-refractivity contribution in [3.63, 3.8) is 0 Å². The number of amidine groups is 1. The fraction of sp³-hybridized carbons (Fsp3) is 0.308. The lowest BCUT2D eigenvalue weighted by Crippen LogP contribution is -2.40. The Morgan fingerprint density at radius 2 is 1.89 bits per heavy atom. The third-order valence-corrected chi connectivity index (χ3v) is 8.11. The number of hydrogen-bond donors (Lipinski definition) is 0. The van der Waals surface area contributed by atoms with Crippen molar-refractivity contribution in [1.82, 2.24) is 15.1 Å². The van der Waals surface area contributed by atoms with Gasteiger partial charge in [0.25, 0.3) is 5.91 Å². The van der Waals surface area contributed by atoms with Crippen LogP contribution in [-0.2, 0) is 11.4 Å². The van der Waals surface area contributed by atoms with Gasteiger partial charge in [-0.15, -0.1) is 10.2 Å². The number of hydrogen-bond acceptors (Lipinski definition) is 7. The smallest absolute Gasteiger partial charge is 0.267 e. The van der Waals surface area contributed by atoms with Crippen molar-refractivity contribution in [2.45, 2.75) is 51.7 Å².